The van der Waals surface area contributed by atoms with Gasteiger partial charge in [-0.3, -0.25) is 0 Å². The maximum absolute atomic E-state index is 9.75. The second-order valence-electron chi connectivity index (χ2n) is 7.62. The molecular weight excluding hydrogens is 228 g/mol. The van der Waals surface area contributed by atoms with Gasteiger partial charge in [0.25, 0.3) is 0 Å². The molecule has 3 saturated carbocycles. The Morgan fingerprint density at radius 1 is 0.944 bits per heavy atom. The minimum absolute atomic E-state index is 0.118. The van der Waals surface area contributed by atoms with Gasteiger partial charge in [-0.05, 0) is 61.2 Å². The highest BCUT2D eigenvalue weighted by Crippen LogP contribution is 2.69. The molecule has 3 nitrogen and oxygen atoms in total. The Morgan fingerprint density at radius 3 is 2.28 bits per heavy atom. The SMILES string of the molecule is C[C@@]12CC[C@@](CO)(CC[C@@H]3[C@@H]1CC3(CO)CO)C2. The third-order valence-corrected chi connectivity index (χ3v) is 6.75. The fraction of sp³-hybridized carbons (Fsp3) is 1.00. The summed E-state index contributed by atoms with van der Waals surface area (Å²) in [4.78, 5) is 0. The van der Waals surface area contributed by atoms with Gasteiger partial charge in [0.2, 0.25) is 0 Å². The Hall–Kier alpha value is -0.120. The molecule has 0 aliphatic heterocycles. The van der Waals surface area contributed by atoms with Crippen molar-refractivity contribution in [2.45, 2.75) is 45.4 Å². The first kappa shape index (κ1) is 12.9. The fourth-order valence-corrected chi connectivity index (χ4v) is 5.44. The van der Waals surface area contributed by atoms with E-state index < -0.39 is 0 Å². The third-order valence-electron chi connectivity index (χ3n) is 6.75. The van der Waals surface area contributed by atoms with E-state index in [0.29, 0.717) is 23.9 Å². The van der Waals surface area contributed by atoms with Crippen molar-refractivity contribution in [1.82, 2.24) is 0 Å². The molecule has 3 N–H and O–H groups in total. The summed E-state index contributed by atoms with van der Waals surface area (Å²) in [5, 5.41) is 29.0. The first-order chi connectivity index (χ1) is 8.53. The Labute approximate surface area is 109 Å². The molecule has 2 bridgehead atoms. The second kappa shape index (κ2) is 3.94. The summed E-state index contributed by atoms with van der Waals surface area (Å²) in [6.45, 7) is 2.92. The standard InChI is InChI=1S/C15H26O3/c1-13-4-5-14(7-13,8-16)3-2-11-12(13)6-15(11,9-17)10-18/h11-12,16-18H,2-10H2,1H3/t11-,12+,13+,14+/m1/s1. The van der Waals surface area contributed by atoms with Crippen LogP contribution < -0.4 is 0 Å². The average Bonchev–Trinajstić information content (AvgIpc) is 2.64. The molecule has 18 heavy (non-hydrogen) atoms. The highest BCUT2D eigenvalue weighted by Gasteiger charge is 2.63. The van der Waals surface area contributed by atoms with Crippen molar-refractivity contribution in [3.8, 4) is 0 Å². The van der Waals surface area contributed by atoms with Crippen molar-refractivity contribution in [1.29, 1.82) is 0 Å². The molecule has 0 aromatic heterocycles. The number of rotatable bonds is 3. The summed E-state index contributed by atoms with van der Waals surface area (Å²) in [7, 11) is 0. The summed E-state index contributed by atoms with van der Waals surface area (Å²) in [6, 6.07) is 0. The quantitative estimate of drug-likeness (QED) is 0.716. The van der Waals surface area contributed by atoms with E-state index in [4.69, 9.17) is 0 Å². The van der Waals surface area contributed by atoms with E-state index in [1.54, 1.807) is 0 Å². The van der Waals surface area contributed by atoms with Crippen molar-refractivity contribution in [3.63, 3.8) is 0 Å². The molecule has 0 aromatic rings. The Bertz CT molecular complexity index is 339. The van der Waals surface area contributed by atoms with Crippen molar-refractivity contribution >= 4 is 0 Å². The topological polar surface area (TPSA) is 60.7 Å². The first-order valence-corrected chi connectivity index (χ1v) is 7.36. The minimum Gasteiger partial charge on any atom is -0.396 e. The van der Waals surface area contributed by atoms with E-state index in [-0.39, 0.29) is 24.0 Å². The van der Waals surface area contributed by atoms with E-state index >= 15 is 0 Å². The number of fused-ring (bicyclic) bond motifs is 4. The molecule has 3 fully saturated rings. The van der Waals surface area contributed by atoms with Crippen LogP contribution in [-0.2, 0) is 0 Å². The summed E-state index contributed by atoms with van der Waals surface area (Å²) >= 11 is 0. The molecule has 3 aliphatic carbocycles. The van der Waals surface area contributed by atoms with Gasteiger partial charge in [-0.1, -0.05) is 6.92 Å². The van der Waals surface area contributed by atoms with Crippen molar-refractivity contribution in [2.75, 3.05) is 19.8 Å². The van der Waals surface area contributed by atoms with Crippen molar-refractivity contribution in [3.05, 3.63) is 0 Å². The van der Waals surface area contributed by atoms with Gasteiger partial charge in [0, 0.05) is 12.0 Å². The molecule has 3 heteroatoms. The van der Waals surface area contributed by atoms with Gasteiger partial charge in [0.05, 0.1) is 13.2 Å². The van der Waals surface area contributed by atoms with Crippen LogP contribution in [0.3, 0.4) is 0 Å². The van der Waals surface area contributed by atoms with Crippen molar-refractivity contribution in [2.24, 2.45) is 28.1 Å². The second-order valence-corrected chi connectivity index (χ2v) is 7.62. The Kier molecular flexibility index (Phi) is 2.82. The van der Waals surface area contributed by atoms with Gasteiger partial charge in [-0.2, -0.15) is 0 Å². The number of hydrogen-bond acceptors (Lipinski definition) is 3. The van der Waals surface area contributed by atoms with Gasteiger partial charge < -0.3 is 15.3 Å². The number of aliphatic hydroxyl groups excluding tert-OH is 3. The molecule has 3 rings (SSSR count). The first-order valence-electron chi connectivity index (χ1n) is 7.36. The Morgan fingerprint density at radius 2 is 1.67 bits per heavy atom. The minimum atomic E-state index is -0.227. The molecule has 3 aliphatic rings. The van der Waals surface area contributed by atoms with Crippen LogP contribution in [0.15, 0.2) is 0 Å². The summed E-state index contributed by atoms with van der Waals surface area (Å²) in [5.41, 5.74) is 0.245. The fourth-order valence-electron chi connectivity index (χ4n) is 5.44. The van der Waals surface area contributed by atoms with Gasteiger partial charge in [-0.25, -0.2) is 0 Å². The molecular formula is C15H26O3. The third kappa shape index (κ3) is 1.47. The lowest BCUT2D eigenvalue weighted by Crippen LogP contribution is -2.56. The number of hydrogen-bond donors (Lipinski definition) is 3. The van der Waals surface area contributed by atoms with Crippen LogP contribution in [-0.4, -0.2) is 35.1 Å². The summed E-state index contributed by atoms with van der Waals surface area (Å²) in [6.07, 6.45) is 6.63. The molecule has 104 valence electrons. The predicted molar refractivity (Wildman–Crippen MR) is 68.9 cm³/mol. The van der Waals surface area contributed by atoms with E-state index in [9.17, 15) is 15.3 Å². The Balaban J connectivity index is 1.88. The highest BCUT2D eigenvalue weighted by atomic mass is 16.3. The van der Waals surface area contributed by atoms with Gasteiger partial charge in [0.1, 0.15) is 0 Å². The lowest BCUT2D eigenvalue weighted by molar-refractivity contribution is -0.154. The van der Waals surface area contributed by atoms with Crippen LogP contribution in [0, 0.1) is 28.1 Å². The normalized spacial score (nSPS) is 49.3. The monoisotopic (exact) mass is 254 g/mol. The zero-order valence-electron chi connectivity index (χ0n) is 11.4. The summed E-state index contributed by atoms with van der Waals surface area (Å²) < 4.78 is 0. The zero-order valence-corrected chi connectivity index (χ0v) is 11.4. The van der Waals surface area contributed by atoms with E-state index in [1.165, 1.54) is 6.42 Å². The van der Waals surface area contributed by atoms with Gasteiger partial charge in [0.15, 0.2) is 0 Å². The van der Waals surface area contributed by atoms with Gasteiger partial charge >= 0.3 is 0 Å². The highest BCUT2D eigenvalue weighted by molar-refractivity contribution is 5.12. The lowest BCUT2D eigenvalue weighted by Gasteiger charge is -2.59. The van der Waals surface area contributed by atoms with Crippen LogP contribution in [0.25, 0.3) is 0 Å². The van der Waals surface area contributed by atoms with E-state index in [0.717, 1.165) is 32.1 Å². The van der Waals surface area contributed by atoms with E-state index in [2.05, 4.69) is 6.92 Å². The molecule has 0 saturated heterocycles. The molecule has 0 radical (unpaired) electrons. The van der Waals surface area contributed by atoms with Crippen molar-refractivity contribution < 1.29 is 15.3 Å². The van der Waals surface area contributed by atoms with E-state index in [1.807, 2.05) is 0 Å². The molecule has 4 atom stereocenters. The molecule has 0 amide bonds. The van der Waals surface area contributed by atoms with Crippen LogP contribution in [0.2, 0.25) is 0 Å². The average molecular weight is 254 g/mol. The largest absolute Gasteiger partial charge is 0.396 e. The van der Waals surface area contributed by atoms with Crippen LogP contribution >= 0.6 is 0 Å². The maximum atomic E-state index is 9.75. The molecule has 0 spiro atoms. The molecule has 0 heterocycles. The lowest BCUT2D eigenvalue weighted by atomic mass is 9.46. The van der Waals surface area contributed by atoms with Crippen LogP contribution in [0.5, 0.6) is 0 Å². The van der Waals surface area contributed by atoms with Gasteiger partial charge in [-0.15, -0.1) is 0 Å². The van der Waals surface area contributed by atoms with Crippen LogP contribution in [0.1, 0.15) is 45.4 Å². The molecule has 0 aromatic carbocycles. The van der Waals surface area contributed by atoms with Crippen LogP contribution in [0.4, 0.5) is 0 Å². The smallest absolute Gasteiger partial charge is 0.0512 e. The summed E-state index contributed by atoms with van der Waals surface area (Å²) in [5.74, 6) is 1.11. The maximum Gasteiger partial charge on any atom is 0.0512 e. The zero-order chi connectivity index (χ0) is 13.0. The number of aliphatic hydroxyl groups is 3. The molecule has 0 unspecified atom stereocenters. The predicted octanol–water partition coefficient (Wildman–Crippen LogP) is 1.56.